The number of benzene rings is 2. The van der Waals surface area contributed by atoms with Crippen molar-refractivity contribution in [3.63, 3.8) is 0 Å². The van der Waals surface area contributed by atoms with Crippen LogP contribution in [-0.2, 0) is 13.0 Å². The maximum Gasteiger partial charge on any atom is 0.126 e. The average Bonchev–Trinajstić information content (AvgIpc) is 2.40. The van der Waals surface area contributed by atoms with Gasteiger partial charge in [-0.05, 0) is 55.6 Å². The van der Waals surface area contributed by atoms with Crippen LogP contribution in [0.1, 0.15) is 22.3 Å². The van der Waals surface area contributed by atoms with Gasteiger partial charge in [-0.2, -0.15) is 0 Å². The molecule has 0 heterocycles. The summed E-state index contributed by atoms with van der Waals surface area (Å²) in [5, 5.41) is 0. The monoisotopic (exact) mass is 333 g/mol. The number of ether oxygens (including phenoxy) is 1. The van der Waals surface area contributed by atoms with Crippen molar-refractivity contribution in [2.45, 2.75) is 26.9 Å². The summed E-state index contributed by atoms with van der Waals surface area (Å²) in [4.78, 5) is 0. The Hall–Kier alpha value is -1.32. The van der Waals surface area contributed by atoms with Crippen molar-refractivity contribution in [3.8, 4) is 5.75 Å². The van der Waals surface area contributed by atoms with Crippen molar-refractivity contribution in [1.29, 1.82) is 0 Å². The number of hydrogen-bond donors (Lipinski definition) is 1. The molecule has 0 radical (unpaired) electrons. The van der Waals surface area contributed by atoms with E-state index in [4.69, 9.17) is 10.5 Å². The van der Waals surface area contributed by atoms with E-state index in [2.05, 4.69) is 66.2 Å². The second-order valence-electron chi connectivity index (χ2n) is 5.02. The Morgan fingerprint density at radius 1 is 1.10 bits per heavy atom. The minimum atomic E-state index is 0.584. The van der Waals surface area contributed by atoms with E-state index in [1.54, 1.807) is 0 Å². The van der Waals surface area contributed by atoms with Crippen molar-refractivity contribution in [2.75, 3.05) is 6.54 Å². The van der Waals surface area contributed by atoms with Crippen LogP contribution in [0.2, 0.25) is 0 Å². The summed E-state index contributed by atoms with van der Waals surface area (Å²) >= 11 is 3.52. The molecular weight excluding hydrogens is 314 g/mol. The van der Waals surface area contributed by atoms with Crippen molar-refractivity contribution in [1.82, 2.24) is 0 Å². The third-order valence-electron chi connectivity index (χ3n) is 3.23. The first-order valence-electron chi connectivity index (χ1n) is 6.77. The molecule has 2 nitrogen and oxygen atoms in total. The van der Waals surface area contributed by atoms with Crippen LogP contribution >= 0.6 is 15.9 Å². The summed E-state index contributed by atoms with van der Waals surface area (Å²) < 4.78 is 7.10. The molecule has 2 aromatic rings. The minimum absolute atomic E-state index is 0.584. The van der Waals surface area contributed by atoms with E-state index in [0.717, 1.165) is 27.8 Å². The van der Waals surface area contributed by atoms with Crippen LogP contribution in [0.15, 0.2) is 40.9 Å². The summed E-state index contributed by atoms with van der Waals surface area (Å²) in [6.45, 7) is 5.36. The van der Waals surface area contributed by atoms with E-state index in [1.165, 1.54) is 11.1 Å². The Balaban J connectivity index is 2.17. The molecule has 0 aliphatic rings. The molecule has 106 valence electrons. The van der Waals surface area contributed by atoms with Crippen LogP contribution < -0.4 is 10.5 Å². The van der Waals surface area contributed by atoms with Gasteiger partial charge < -0.3 is 10.5 Å². The summed E-state index contributed by atoms with van der Waals surface area (Å²) in [5.41, 5.74) is 10.4. The van der Waals surface area contributed by atoms with E-state index in [1.807, 2.05) is 0 Å². The third-order valence-corrected chi connectivity index (χ3v) is 3.69. The number of nitrogens with two attached hydrogens (primary N) is 1. The maximum absolute atomic E-state index is 6.03. The zero-order chi connectivity index (χ0) is 14.5. The first-order valence-corrected chi connectivity index (χ1v) is 7.57. The highest BCUT2D eigenvalue weighted by atomic mass is 79.9. The zero-order valence-electron chi connectivity index (χ0n) is 11.9. The molecule has 2 rings (SSSR count). The smallest absolute Gasteiger partial charge is 0.126 e. The van der Waals surface area contributed by atoms with E-state index in [9.17, 15) is 0 Å². The minimum Gasteiger partial charge on any atom is -0.488 e. The number of aryl methyl sites for hydroxylation is 2. The molecule has 0 fully saturated rings. The van der Waals surface area contributed by atoms with Crippen LogP contribution in [0.25, 0.3) is 0 Å². The molecule has 0 unspecified atom stereocenters. The van der Waals surface area contributed by atoms with Gasteiger partial charge in [0.25, 0.3) is 0 Å². The van der Waals surface area contributed by atoms with Crippen LogP contribution in [0.4, 0.5) is 0 Å². The van der Waals surface area contributed by atoms with Gasteiger partial charge in [0.15, 0.2) is 0 Å². The highest BCUT2D eigenvalue weighted by Gasteiger charge is 2.09. The van der Waals surface area contributed by atoms with Crippen LogP contribution in [0, 0.1) is 13.8 Å². The highest BCUT2D eigenvalue weighted by molar-refractivity contribution is 9.10. The van der Waals surface area contributed by atoms with Crippen molar-refractivity contribution >= 4 is 15.9 Å². The van der Waals surface area contributed by atoms with Gasteiger partial charge in [-0.25, -0.2) is 0 Å². The summed E-state index contributed by atoms with van der Waals surface area (Å²) in [6, 6.07) is 12.6. The molecule has 0 spiro atoms. The van der Waals surface area contributed by atoms with Gasteiger partial charge in [0.1, 0.15) is 12.4 Å². The summed E-state index contributed by atoms with van der Waals surface area (Å²) in [5.74, 6) is 0.958. The molecule has 0 bridgehead atoms. The molecule has 2 aromatic carbocycles. The third kappa shape index (κ3) is 3.84. The molecule has 0 atom stereocenters. The number of halogens is 1. The van der Waals surface area contributed by atoms with Gasteiger partial charge in [-0.3, -0.25) is 0 Å². The molecule has 0 saturated carbocycles. The molecule has 0 saturated heterocycles. The molecule has 3 heteroatoms. The fourth-order valence-electron chi connectivity index (χ4n) is 2.19. The normalized spacial score (nSPS) is 10.6. The first kappa shape index (κ1) is 15.1. The lowest BCUT2D eigenvalue weighted by Gasteiger charge is -2.15. The Kier molecular flexibility index (Phi) is 5.21. The van der Waals surface area contributed by atoms with Crippen LogP contribution in [0.5, 0.6) is 5.75 Å². The van der Waals surface area contributed by atoms with Gasteiger partial charge in [0, 0.05) is 4.47 Å². The largest absolute Gasteiger partial charge is 0.488 e. The van der Waals surface area contributed by atoms with E-state index in [-0.39, 0.29) is 0 Å². The Morgan fingerprint density at radius 2 is 1.80 bits per heavy atom. The average molecular weight is 334 g/mol. The SMILES string of the molecule is Cc1ccc(COc2c(C)cc(Br)cc2CCN)cc1. The molecular formula is C17H20BrNO. The lowest BCUT2D eigenvalue weighted by atomic mass is 10.1. The highest BCUT2D eigenvalue weighted by Crippen LogP contribution is 2.29. The van der Waals surface area contributed by atoms with E-state index < -0.39 is 0 Å². The Bertz CT molecular complexity index is 578. The van der Waals surface area contributed by atoms with Crippen LogP contribution in [-0.4, -0.2) is 6.54 Å². The first-order chi connectivity index (χ1) is 9.60. The van der Waals surface area contributed by atoms with Crippen molar-refractivity contribution in [2.24, 2.45) is 5.73 Å². The Labute approximate surface area is 129 Å². The van der Waals surface area contributed by atoms with Gasteiger partial charge in [0.05, 0.1) is 0 Å². The molecule has 0 aliphatic carbocycles. The number of rotatable bonds is 5. The van der Waals surface area contributed by atoms with Gasteiger partial charge in [-0.15, -0.1) is 0 Å². The van der Waals surface area contributed by atoms with Crippen molar-refractivity contribution in [3.05, 3.63) is 63.1 Å². The molecule has 20 heavy (non-hydrogen) atoms. The summed E-state index contributed by atoms with van der Waals surface area (Å²) in [6.07, 6.45) is 0.823. The van der Waals surface area contributed by atoms with Gasteiger partial charge in [0.2, 0.25) is 0 Å². The van der Waals surface area contributed by atoms with Crippen LogP contribution in [0.3, 0.4) is 0 Å². The topological polar surface area (TPSA) is 35.2 Å². The van der Waals surface area contributed by atoms with E-state index >= 15 is 0 Å². The van der Waals surface area contributed by atoms with E-state index in [0.29, 0.717) is 13.2 Å². The fraction of sp³-hybridized carbons (Fsp3) is 0.294. The fourth-order valence-corrected chi connectivity index (χ4v) is 2.81. The molecule has 0 aromatic heterocycles. The predicted molar refractivity (Wildman–Crippen MR) is 87.1 cm³/mol. The summed E-state index contributed by atoms with van der Waals surface area (Å²) in [7, 11) is 0. The molecule has 2 N–H and O–H groups in total. The second kappa shape index (κ2) is 6.91. The van der Waals surface area contributed by atoms with Crippen molar-refractivity contribution < 1.29 is 4.74 Å². The second-order valence-corrected chi connectivity index (χ2v) is 5.94. The Morgan fingerprint density at radius 3 is 2.45 bits per heavy atom. The van der Waals surface area contributed by atoms with Gasteiger partial charge in [-0.1, -0.05) is 45.8 Å². The zero-order valence-corrected chi connectivity index (χ0v) is 13.5. The maximum atomic E-state index is 6.03. The number of hydrogen-bond acceptors (Lipinski definition) is 2. The standard InChI is InChI=1S/C17H20BrNO/c1-12-3-5-14(6-4-12)11-20-17-13(2)9-16(18)10-15(17)7-8-19/h3-6,9-10H,7-8,11,19H2,1-2H3. The lowest BCUT2D eigenvalue weighted by molar-refractivity contribution is 0.301. The quantitative estimate of drug-likeness (QED) is 0.892. The predicted octanol–water partition coefficient (Wildman–Crippen LogP) is 4.15. The molecule has 0 aliphatic heterocycles. The lowest BCUT2D eigenvalue weighted by Crippen LogP contribution is -2.06. The molecule has 0 amide bonds. The van der Waals surface area contributed by atoms with Gasteiger partial charge >= 0.3 is 0 Å².